The zero-order chi connectivity index (χ0) is 9.97. The topological polar surface area (TPSA) is 3.24 Å². The van der Waals surface area contributed by atoms with Crippen molar-refractivity contribution < 1.29 is 0 Å². The van der Waals surface area contributed by atoms with E-state index < -0.39 is 0 Å². The van der Waals surface area contributed by atoms with Crippen molar-refractivity contribution in [1.29, 1.82) is 0 Å². The zero-order valence-electron chi connectivity index (χ0n) is 9.42. The first kappa shape index (κ1) is 10.1. The van der Waals surface area contributed by atoms with Gasteiger partial charge in [0.1, 0.15) is 0 Å². The average Bonchev–Trinajstić information content (AvgIpc) is 2.62. The predicted octanol–water partition coefficient (Wildman–Crippen LogP) is 2.38. The summed E-state index contributed by atoms with van der Waals surface area (Å²) in [5.74, 6) is 9.08. The van der Waals surface area contributed by atoms with Crippen molar-refractivity contribution in [3.05, 3.63) is 0 Å². The molecule has 14 heavy (non-hydrogen) atoms. The second kappa shape index (κ2) is 4.36. The lowest BCUT2D eigenvalue weighted by Gasteiger charge is -2.12. The minimum absolute atomic E-state index is 0.525. The van der Waals surface area contributed by atoms with Gasteiger partial charge in [0, 0.05) is 19.0 Å². The second-order valence-corrected chi connectivity index (χ2v) is 5.12. The standard InChI is InChI=1S/C13H21N/c1-11(2)5-4-8-14-9-12-6-3-7-13(12)10-14/h11-13H,3,6-10H2,1-2H3. The summed E-state index contributed by atoms with van der Waals surface area (Å²) in [6.07, 6.45) is 4.42. The molecule has 0 spiro atoms. The molecule has 1 heteroatoms. The fraction of sp³-hybridized carbons (Fsp3) is 0.846. The van der Waals surface area contributed by atoms with Crippen molar-refractivity contribution in [1.82, 2.24) is 4.90 Å². The van der Waals surface area contributed by atoms with Crippen molar-refractivity contribution in [3.8, 4) is 11.8 Å². The van der Waals surface area contributed by atoms with Gasteiger partial charge in [0.2, 0.25) is 0 Å². The van der Waals surface area contributed by atoms with Crippen LogP contribution in [0.1, 0.15) is 33.1 Å². The lowest BCUT2D eigenvalue weighted by atomic mass is 10.0. The van der Waals surface area contributed by atoms with Gasteiger partial charge in [-0.25, -0.2) is 0 Å². The van der Waals surface area contributed by atoms with Crippen LogP contribution in [-0.4, -0.2) is 24.5 Å². The van der Waals surface area contributed by atoms with Crippen LogP contribution in [0.25, 0.3) is 0 Å². The first-order valence-electron chi connectivity index (χ1n) is 5.96. The molecule has 2 aliphatic rings. The van der Waals surface area contributed by atoms with E-state index in [1.54, 1.807) is 0 Å². The number of likely N-dealkylation sites (tertiary alicyclic amines) is 1. The minimum Gasteiger partial charge on any atom is -0.292 e. The normalized spacial score (nSPS) is 31.6. The smallest absolute Gasteiger partial charge is 0.0601 e. The van der Waals surface area contributed by atoms with Gasteiger partial charge in [-0.3, -0.25) is 4.90 Å². The van der Waals surface area contributed by atoms with Gasteiger partial charge in [-0.05, 0) is 24.7 Å². The Morgan fingerprint density at radius 2 is 1.86 bits per heavy atom. The SMILES string of the molecule is CC(C)C#CCN1CC2CCCC2C1. The summed E-state index contributed by atoms with van der Waals surface area (Å²) in [5, 5.41) is 0. The lowest BCUT2D eigenvalue weighted by molar-refractivity contribution is 0.349. The Morgan fingerprint density at radius 1 is 1.21 bits per heavy atom. The summed E-state index contributed by atoms with van der Waals surface area (Å²) in [4.78, 5) is 2.55. The zero-order valence-corrected chi connectivity index (χ0v) is 9.42. The van der Waals surface area contributed by atoms with Crippen LogP contribution >= 0.6 is 0 Å². The molecule has 0 N–H and O–H groups in total. The first-order chi connectivity index (χ1) is 6.75. The molecule has 0 radical (unpaired) electrons. The summed E-state index contributed by atoms with van der Waals surface area (Å²) in [7, 11) is 0. The van der Waals surface area contributed by atoms with Crippen LogP contribution in [0, 0.1) is 29.6 Å². The Balaban J connectivity index is 1.77. The van der Waals surface area contributed by atoms with E-state index in [-0.39, 0.29) is 0 Å². The molecule has 1 aliphatic heterocycles. The van der Waals surface area contributed by atoms with E-state index in [1.807, 2.05) is 0 Å². The van der Waals surface area contributed by atoms with Crippen LogP contribution in [-0.2, 0) is 0 Å². The van der Waals surface area contributed by atoms with Gasteiger partial charge in [0.15, 0.2) is 0 Å². The summed E-state index contributed by atoms with van der Waals surface area (Å²) >= 11 is 0. The van der Waals surface area contributed by atoms with Gasteiger partial charge < -0.3 is 0 Å². The van der Waals surface area contributed by atoms with Crippen LogP contribution < -0.4 is 0 Å². The van der Waals surface area contributed by atoms with Gasteiger partial charge in [-0.2, -0.15) is 0 Å². The van der Waals surface area contributed by atoms with Crippen molar-refractivity contribution in [2.75, 3.05) is 19.6 Å². The van der Waals surface area contributed by atoms with E-state index in [4.69, 9.17) is 0 Å². The Hall–Kier alpha value is -0.480. The van der Waals surface area contributed by atoms with E-state index in [0.29, 0.717) is 5.92 Å². The molecule has 1 aliphatic carbocycles. The third-order valence-corrected chi connectivity index (χ3v) is 3.50. The lowest BCUT2D eigenvalue weighted by Crippen LogP contribution is -2.21. The molecule has 0 amide bonds. The van der Waals surface area contributed by atoms with Crippen LogP contribution in [0.4, 0.5) is 0 Å². The van der Waals surface area contributed by atoms with Gasteiger partial charge in [-0.15, -0.1) is 0 Å². The maximum atomic E-state index is 3.29. The number of hydrogen-bond donors (Lipinski definition) is 0. The van der Waals surface area contributed by atoms with Crippen molar-refractivity contribution in [3.63, 3.8) is 0 Å². The Labute approximate surface area is 87.9 Å². The Bertz CT molecular complexity index is 234. The molecular weight excluding hydrogens is 170 g/mol. The molecule has 0 aromatic carbocycles. The molecule has 1 saturated heterocycles. The molecule has 1 nitrogen and oxygen atoms in total. The number of hydrogen-bond acceptors (Lipinski definition) is 1. The molecule has 0 bridgehead atoms. The van der Waals surface area contributed by atoms with E-state index in [1.165, 1.54) is 32.4 Å². The molecule has 2 unspecified atom stereocenters. The monoisotopic (exact) mass is 191 g/mol. The molecule has 1 saturated carbocycles. The maximum Gasteiger partial charge on any atom is 0.0601 e. The molecule has 2 rings (SSSR count). The minimum atomic E-state index is 0.525. The Morgan fingerprint density at radius 3 is 2.43 bits per heavy atom. The largest absolute Gasteiger partial charge is 0.292 e. The molecule has 2 fully saturated rings. The third-order valence-electron chi connectivity index (χ3n) is 3.50. The maximum absolute atomic E-state index is 3.29. The van der Waals surface area contributed by atoms with Crippen molar-refractivity contribution >= 4 is 0 Å². The first-order valence-corrected chi connectivity index (χ1v) is 5.96. The van der Waals surface area contributed by atoms with Crippen LogP contribution in [0.5, 0.6) is 0 Å². The quantitative estimate of drug-likeness (QED) is 0.575. The average molecular weight is 191 g/mol. The Kier molecular flexibility index (Phi) is 3.13. The summed E-state index contributed by atoms with van der Waals surface area (Å²) in [6, 6.07) is 0. The van der Waals surface area contributed by atoms with E-state index >= 15 is 0 Å². The van der Waals surface area contributed by atoms with Gasteiger partial charge >= 0.3 is 0 Å². The van der Waals surface area contributed by atoms with E-state index in [0.717, 1.165) is 18.4 Å². The van der Waals surface area contributed by atoms with E-state index in [2.05, 4.69) is 30.6 Å². The third kappa shape index (κ3) is 2.30. The predicted molar refractivity (Wildman–Crippen MR) is 59.9 cm³/mol. The fourth-order valence-corrected chi connectivity index (χ4v) is 2.82. The van der Waals surface area contributed by atoms with Gasteiger partial charge in [0.25, 0.3) is 0 Å². The summed E-state index contributed by atoms with van der Waals surface area (Å²) in [6.45, 7) is 7.96. The highest BCUT2D eigenvalue weighted by molar-refractivity contribution is 5.04. The molecule has 2 atom stereocenters. The molecule has 0 aromatic heterocycles. The summed E-state index contributed by atoms with van der Waals surface area (Å²) < 4.78 is 0. The number of nitrogens with zero attached hydrogens (tertiary/aromatic N) is 1. The van der Waals surface area contributed by atoms with Gasteiger partial charge in [-0.1, -0.05) is 32.1 Å². The number of fused-ring (bicyclic) bond motifs is 1. The van der Waals surface area contributed by atoms with Crippen molar-refractivity contribution in [2.24, 2.45) is 17.8 Å². The van der Waals surface area contributed by atoms with Crippen LogP contribution in [0.3, 0.4) is 0 Å². The molecule has 1 heterocycles. The highest BCUT2D eigenvalue weighted by Gasteiger charge is 2.35. The van der Waals surface area contributed by atoms with Crippen LogP contribution in [0.2, 0.25) is 0 Å². The molecule has 78 valence electrons. The van der Waals surface area contributed by atoms with Crippen molar-refractivity contribution in [2.45, 2.75) is 33.1 Å². The number of rotatable bonds is 1. The van der Waals surface area contributed by atoms with E-state index in [9.17, 15) is 0 Å². The molecule has 0 aromatic rings. The molecular formula is C13H21N. The highest BCUT2D eigenvalue weighted by atomic mass is 15.1. The van der Waals surface area contributed by atoms with Crippen LogP contribution in [0.15, 0.2) is 0 Å². The fourth-order valence-electron chi connectivity index (χ4n) is 2.82. The second-order valence-electron chi connectivity index (χ2n) is 5.12. The highest BCUT2D eigenvalue weighted by Crippen LogP contribution is 2.37. The summed E-state index contributed by atoms with van der Waals surface area (Å²) in [5.41, 5.74) is 0. The van der Waals surface area contributed by atoms with Gasteiger partial charge in [0.05, 0.1) is 6.54 Å².